The summed E-state index contributed by atoms with van der Waals surface area (Å²) in [5.41, 5.74) is 9.97. The maximum absolute atomic E-state index is 6.71. The van der Waals surface area contributed by atoms with Gasteiger partial charge in [0.1, 0.15) is 11.4 Å². The lowest BCUT2D eigenvalue weighted by Crippen LogP contribution is -1.96. The average molecular weight is 602 g/mol. The van der Waals surface area contributed by atoms with Gasteiger partial charge in [-0.3, -0.25) is 9.13 Å². The molecular formula is C43H27N3O. The molecule has 0 saturated heterocycles. The number of para-hydroxylation sites is 3. The first-order valence-corrected chi connectivity index (χ1v) is 15.9. The van der Waals surface area contributed by atoms with Crippen LogP contribution in [0.5, 0.6) is 0 Å². The van der Waals surface area contributed by atoms with Gasteiger partial charge in [-0.05, 0) is 71.3 Å². The molecule has 6 aromatic carbocycles. The monoisotopic (exact) mass is 601 g/mol. The third-order valence-electron chi connectivity index (χ3n) is 9.40. The summed E-state index contributed by atoms with van der Waals surface area (Å²) in [6.45, 7) is 0. The highest BCUT2D eigenvalue weighted by Crippen LogP contribution is 2.43. The molecule has 0 aliphatic heterocycles. The Hall–Kier alpha value is -6.39. The molecule has 0 N–H and O–H groups in total. The van der Waals surface area contributed by atoms with Gasteiger partial charge < -0.3 is 4.42 Å². The average Bonchev–Trinajstić information content (AvgIpc) is 3.79. The minimum Gasteiger partial charge on any atom is -0.439 e. The lowest BCUT2D eigenvalue weighted by molar-refractivity contribution is 0.591. The zero-order chi connectivity index (χ0) is 30.9. The molecule has 4 heteroatoms. The number of hydrogen-bond acceptors (Lipinski definition) is 2. The van der Waals surface area contributed by atoms with Gasteiger partial charge in [0.15, 0.2) is 0 Å². The molecule has 4 heterocycles. The summed E-state index contributed by atoms with van der Waals surface area (Å²) >= 11 is 0. The van der Waals surface area contributed by atoms with E-state index in [4.69, 9.17) is 4.42 Å². The minimum absolute atomic E-state index is 0.833. The first-order valence-electron chi connectivity index (χ1n) is 15.9. The van der Waals surface area contributed by atoms with Crippen molar-refractivity contribution in [2.24, 2.45) is 0 Å². The Kier molecular flexibility index (Phi) is 5.54. The van der Waals surface area contributed by atoms with Crippen molar-refractivity contribution in [1.82, 2.24) is 14.1 Å². The van der Waals surface area contributed by atoms with Crippen molar-refractivity contribution < 1.29 is 4.42 Å². The molecule has 0 atom stereocenters. The summed E-state index contributed by atoms with van der Waals surface area (Å²) in [5, 5.41) is 5.91. The van der Waals surface area contributed by atoms with Crippen LogP contribution in [-0.4, -0.2) is 14.1 Å². The Bertz CT molecular complexity index is 2780. The standard InChI is InChI=1S/C43H27N3O/c1-2-12-28(13-3-1)42-33-16-6-9-19-40(33)47-43(42)46-37-18-8-5-15-32(37)35-27-30(22-24-39(35)46)29-21-23-38-34(26-29)31-14-4-7-17-36(31)45(38)41-20-10-11-25-44-41/h1-27H. The summed E-state index contributed by atoms with van der Waals surface area (Å²) in [6.07, 6.45) is 1.85. The fraction of sp³-hybridized carbons (Fsp3) is 0. The van der Waals surface area contributed by atoms with E-state index in [0.717, 1.165) is 55.9 Å². The Morgan fingerprint density at radius 3 is 1.64 bits per heavy atom. The smallest absolute Gasteiger partial charge is 0.213 e. The second-order valence-corrected chi connectivity index (χ2v) is 12.0. The Morgan fingerprint density at radius 2 is 0.957 bits per heavy atom. The van der Waals surface area contributed by atoms with Crippen LogP contribution in [0.1, 0.15) is 0 Å². The van der Waals surface area contributed by atoms with E-state index in [0.29, 0.717) is 0 Å². The second-order valence-electron chi connectivity index (χ2n) is 12.0. The third kappa shape index (κ3) is 3.85. The van der Waals surface area contributed by atoms with Crippen LogP contribution >= 0.6 is 0 Å². The van der Waals surface area contributed by atoms with Gasteiger partial charge in [0.25, 0.3) is 0 Å². The normalized spacial score (nSPS) is 11.8. The van der Waals surface area contributed by atoms with Crippen LogP contribution in [0.15, 0.2) is 168 Å². The summed E-state index contributed by atoms with van der Waals surface area (Å²) in [5.74, 6) is 1.75. The van der Waals surface area contributed by atoms with E-state index in [1.54, 1.807) is 0 Å². The summed E-state index contributed by atoms with van der Waals surface area (Å²) in [7, 11) is 0. The van der Waals surface area contributed by atoms with Crippen LogP contribution in [0.4, 0.5) is 0 Å². The summed E-state index contributed by atoms with van der Waals surface area (Å²) in [4.78, 5) is 4.68. The van der Waals surface area contributed by atoms with Gasteiger partial charge in [-0.25, -0.2) is 4.98 Å². The van der Waals surface area contributed by atoms with Crippen molar-refractivity contribution >= 4 is 54.6 Å². The second kappa shape index (κ2) is 10.1. The topological polar surface area (TPSA) is 35.9 Å². The van der Waals surface area contributed by atoms with Gasteiger partial charge in [-0.15, -0.1) is 0 Å². The predicted octanol–water partition coefficient (Wildman–Crippen LogP) is 11.4. The third-order valence-corrected chi connectivity index (χ3v) is 9.40. The molecule has 0 amide bonds. The Labute approximate surface area is 270 Å². The molecular weight excluding hydrogens is 574 g/mol. The van der Waals surface area contributed by atoms with Gasteiger partial charge in [0.2, 0.25) is 5.88 Å². The highest BCUT2D eigenvalue weighted by molar-refractivity contribution is 6.13. The molecule has 4 nitrogen and oxygen atoms in total. The van der Waals surface area contributed by atoms with E-state index in [1.165, 1.54) is 32.7 Å². The number of rotatable bonds is 4. The van der Waals surface area contributed by atoms with Gasteiger partial charge in [-0.1, -0.05) is 103 Å². The number of furan rings is 1. The van der Waals surface area contributed by atoms with Crippen LogP contribution in [0, 0.1) is 0 Å². The largest absolute Gasteiger partial charge is 0.439 e. The van der Waals surface area contributed by atoms with Crippen molar-refractivity contribution in [1.29, 1.82) is 0 Å². The molecule has 0 aliphatic carbocycles. The van der Waals surface area contributed by atoms with E-state index in [-0.39, 0.29) is 0 Å². The van der Waals surface area contributed by atoms with E-state index in [2.05, 4.69) is 154 Å². The zero-order valence-electron chi connectivity index (χ0n) is 25.3. The SMILES string of the molecule is c1ccc(-c2c(-n3c4ccccc4c4cc(-c5ccc6c(c5)c5ccccc5n6-c5ccccn5)ccc43)oc3ccccc23)cc1. The summed E-state index contributed by atoms with van der Waals surface area (Å²) in [6, 6.07) is 55.7. The van der Waals surface area contributed by atoms with Crippen LogP contribution < -0.4 is 0 Å². The molecule has 0 spiro atoms. The van der Waals surface area contributed by atoms with E-state index < -0.39 is 0 Å². The van der Waals surface area contributed by atoms with Crippen molar-refractivity contribution in [3.8, 4) is 34.0 Å². The maximum Gasteiger partial charge on any atom is 0.213 e. The minimum atomic E-state index is 0.833. The van der Waals surface area contributed by atoms with Crippen molar-refractivity contribution in [3.63, 3.8) is 0 Å². The number of aromatic nitrogens is 3. The van der Waals surface area contributed by atoms with Gasteiger partial charge in [-0.2, -0.15) is 0 Å². The Balaban J connectivity index is 1.20. The fourth-order valence-corrected chi connectivity index (χ4v) is 7.33. The molecule has 220 valence electrons. The van der Waals surface area contributed by atoms with Crippen LogP contribution in [0.2, 0.25) is 0 Å². The van der Waals surface area contributed by atoms with E-state index in [9.17, 15) is 0 Å². The molecule has 0 saturated carbocycles. The van der Waals surface area contributed by atoms with E-state index >= 15 is 0 Å². The van der Waals surface area contributed by atoms with Crippen LogP contribution in [-0.2, 0) is 0 Å². The van der Waals surface area contributed by atoms with Gasteiger partial charge in [0, 0.05) is 33.1 Å². The van der Waals surface area contributed by atoms with Crippen molar-refractivity contribution in [2.75, 3.05) is 0 Å². The maximum atomic E-state index is 6.71. The van der Waals surface area contributed by atoms with Gasteiger partial charge >= 0.3 is 0 Å². The van der Waals surface area contributed by atoms with Gasteiger partial charge in [0.05, 0.1) is 27.6 Å². The first kappa shape index (κ1) is 25.9. The highest BCUT2D eigenvalue weighted by Gasteiger charge is 2.22. The molecule has 0 fully saturated rings. The molecule has 0 radical (unpaired) electrons. The molecule has 0 bridgehead atoms. The fourth-order valence-electron chi connectivity index (χ4n) is 7.33. The number of benzene rings is 6. The van der Waals surface area contributed by atoms with E-state index in [1.807, 2.05) is 24.4 Å². The highest BCUT2D eigenvalue weighted by atomic mass is 16.4. The molecule has 10 aromatic rings. The number of hydrogen-bond donors (Lipinski definition) is 0. The van der Waals surface area contributed by atoms with Crippen LogP contribution in [0.25, 0.3) is 88.5 Å². The summed E-state index contributed by atoms with van der Waals surface area (Å²) < 4.78 is 11.3. The van der Waals surface area contributed by atoms with Crippen molar-refractivity contribution in [2.45, 2.75) is 0 Å². The predicted molar refractivity (Wildman–Crippen MR) is 194 cm³/mol. The molecule has 10 rings (SSSR count). The quantitative estimate of drug-likeness (QED) is 0.201. The number of fused-ring (bicyclic) bond motifs is 7. The number of nitrogens with zero attached hydrogens (tertiary/aromatic N) is 3. The Morgan fingerprint density at radius 1 is 0.404 bits per heavy atom. The first-order chi connectivity index (χ1) is 23.3. The number of pyridine rings is 1. The molecule has 47 heavy (non-hydrogen) atoms. The lowest BCUT2D eigenvalue weighted by atomic mass is 10.0. The zero-order valence-corrected chi connectivity index (χ0v) is 25.3. The molecule has 0 aliphatic rings. The lowest BCUT2D eigenvalue weighted by Gasteiger charge is -2.09. The molecule has 4 aromatic heterocycles. The van der Waals surface area contributed by atoms with Crippen LogP contribution in [0.3, 0.4) is 0 Å². The molecule has 0 unspecified atom stereocenters. The van der Waals surface area contributed by atoms with Crippen molar-refractivity contribution in [3.05, 3.63) is 164 Å².